The minimum absolute atomic E-state index is 0.302. The van der Waals surface area contributed by atoms with Gasteiger partial charge in [-0.25, -0.2) is 9.59 Å². The van der Waals surface area contributed by atoms with Crippen molar-refractivity contribution in [3.63, 3.8) is 0 Å². The number of carboxylic acids is 2. The van der Waals surface area contributed by atoms with Gasteiger partial charge in [0, 0.05) is 0 Å². The van der Waals surface area contributed by atoms with Crippen molar-refractivity contribution in [1.29, 1.82) is 0 Å². The molecule has 0 unspecified atom stereocenters. The number of rotatable bonds is 4. The molecule has 6 aromatic rings. The van der Waals surface area contributed by atoms with Crippen LogP contribution < -0.4 is 0 Å². The standard InChI is InChI=1S/C31H20O4/c32-30(33)24-11-3-9-22-14-26-18(5-1-7-20(26)16-28(22)24)13-19-6-2-8-21-17-29-23(15-27(19)21)10-4-12-25(29)31(34)35/h1-12,14-17H,13H2,(H,32,33)(H,34,35). The van der Waals surface area contributed by atoms with Crippen LogP contribution in [0, 0.1) is 0 Å². The maximum Gasteiger partial charge on any atom is 0.336 e. The second-order valence-corrected chi connectivity index (χ2v) is 8.82. The Morgan fingerprint density at radius 3 is 1.23 bits per heavy atom. The molecule has 4 heteroatoms. The summed E-state index contributed by atoms with van der Waals surface area (Å²) in [5, 5.41) is 26.6. The van der Waals surface area contributed by atoms with Crippen LogP contribution in [-0.2, 0) is 6.42 Å². The van der Waals surface area contributed by atoms with Crippen LogP contribution in [0.15, 0.2) is 97.1 Å². The maximum absolute atomic E-state index is 11.7. The molecule has 6 aromatic carbocycles. The molecule has 0 spiro atoms. The Morgan fingerprint density at radius 2 is 0.829 bits per heavy atom. The summed E-state index contributed by atoms with van der Waals surface area (Å²) in [7, 11) is 0. The van der Waals surface area contributed by atoms with E-state index in [1.165, 1.54) is 0 Å². The van der Waals surface area contributed by atoms with Crippen molar-refractivity contribution in [3.05, 3.63) is 119 Å². The Kier molecular flexibility index (Phi) is 4.75. The highest BCUT2D eigenvalue weighted by Gasteiger charge is 2.13. The van der Waals surface area contributed by atoms with Crippen LogP contribution in [0.25, 0.3) is 43.1 Å². The molecule has 0 aliphatic carbocycles. The Balaban J connectivity index is 1.53. The zero-order valence-electron chi connectivity index (χ0n) is 18.7. The lowest BCUT2D eigenvalue weighted by molar-refractivity contribution is 0.0688. The molecule has 0 fully saturated rings. The third-order valence-electron chi connectivity index (χ3n) is 6.78. The number of aromatic carboxylic acids is 2. The van der Waals surface area contributed by atoms with Crippen LogP contribution in [-0.4, -0.2) is 22.2 Å². The lowest BCUT2D eigenvalue weighted by Crippen LogP contribution is -1.98. The molecule has 0 saturated heterocycles. The fraction of sp³-hybridized carbons (Fsp3) is 0.0323. The number of hydrogen-bond acceptors (Lipinski definition) is 2. The van der Waals surface area contributed by atoms with Crippen molar-refractivity contribution in [1.82, 2.24) is 0 Å². The summed E-state index contributed by atoms with van der Waals surface area (Å²) in [6.07, 6.45) is 0.697. The quantitative estimate of drug-likeness (QED) is 0.273. The predicted molar refractivity (Wildman–Crippen MR) is 140 cm³/mol. The first-order valence-electron chi connectivity index (χ1n) is 11.3. The molecular formula is C31H20O4. The molecule has 35 heavy (non-hydrogen) atoms. The summed E-state index contributed by atoms with van der Waals surface area (Å²) in [4.78, 5) is 23.4. The Morgan fingerprint density at radius 1 is 0.486 bits per heavy atom. The minimum atomic E-state index is -0.930. The van der Waals surface area contributed by atoms with Gasteiger partial charge in [0.2, 0.25) is 0 Å². The Bertz CT molecular complexity index is 1700. The van der Waals surface area contributed by atoms with Gasteiger partial charge in [0.15, 0.2) is 0 Å². The molecule has 4 nitrogen and oxygen atoms in total. The van der Waals surface area contributed by atoms with Gasteiger partial charge in [-0.3, -0.25) is 0 Å². The molecule has 0 aromatic heterocycles. The van der Waals surface area contributed by atoms with Crippen molar-refractivity contribution < 1.29 is 19.8 Å². The summed E-state index contributed by atoms with van der Waals surface area (Å²) < 4.78 is 0. The fourth-order valence-corrected chi connectivity index (χ4v) is 5.12. The van der Waals surface area contributed by atoms with Gasteiger partial charge in [-0.15, -0.1) is 0 Å². The van der Waals surface area contributed by atoms with Gasteiger partial charge in [0.25, 0.3) is 0 Å². The smallest absolute Gasteiger partial charge is 0.336 e. The topological polar surface area (TPSA) is 74.6 Å². The maximum atomic E-state index is 11.7. The third-order valence-corrected chi connectivity index (χ3v) is 6.78. The van der Waals surface area contributed by atoms with Gasteiger partial charge in [-0.05, 0) is 97.0 Å². The van der Waals surface area contributed by atoms with Gasteiger partial charge in [-0.1, -0.05) is 60.7 Å². The highest BCUT2D eigenvalue weighted by atomic mass is 16.4. The van der Waals surface area contributed by atoms with Crippen molar-refractivity contribution >= 4 is 55.0 Å². The summed E-state index contributed by atoms with van der Waals surface area (Å²) >= 11 is 0. The van der Waals surface area contributed by atoms with Crippen LogP contribution in [0.2, 0.25) is 0 Å². The van der Waals surface area contributed by atoms with E-state index in [1.54, 1.807) is 24.3 Å². The highest BCUT2D eigenvalue weighted by Crippen LogP contribution is 2.32. The number of benzene rings is 6. The van der Waals surface area contributed by atoms with E-state index in [0.717, 1.165) is 54.2 Å². The lowest BCUT2D eigenvalue weighted by atomic mass is 9.91. The van der Waals surface area contributed by atoms with Gasteiger partial charge in [0.05, 0.1) is 11.1 Å². The molecule has 0 aliphatic rings. The largest absolute Gasteiger partial charge is 0.478 e. The first kappa shape index (κ1) is 20.9. The van der Waals surface area contributed by atoms with Crippen LogP contribution in [0.4, 0.5) is 0 Å². The van der Waals surface area contributed by atoms with E-state index in [0.29, 0.717) is 17.5 Å². The molecule has 0 aliphatic heterocycles. The first-order chi connectivity index (χ1) is 17.0. The van der Waals surface area contributed by atoms with Gasteiger partial charge >= 0.3 is 11.9 Å². The van der Waals surface area contributed by atoms with Crippen LogP contribution >= 0.6 is 0 Å². The van der Waals surface area contributed by atoms with E-state index in [1.807, 2.05) is 48.5 Å². The molecular weight excluding hydrogens is 436 g/mol. The highest BCUT2D eigenvalue weighted by molar-refractivity contribution is 6.10. The molecule has 168 valence electrons. The summed E-state index contributed by atoms with van der Waals surface area (Å²) in [6, 6.07) is 31.1. The normalized spacial score (nSPS) is 11.4. The number of carbonyl (C=O) groups is 2. The van der Waals surface area contributed by atoms with Gasteiger partial charge < -0.3 is 10.2 Å². The fourth-order valence-electron chi connectivity index (χ4n) is 5.12. The average molecular weight is 456 g/mol. The van der Waals surface area contributed by atoms with E-state index in [4.69, 9.17) is 0 Å². The Labute approximate surface area is 200 Å². The van der Waals surface area contributed by atoms with E-state index in [9.17, 15) is 19.8 Å². The van der Waals surface area contributed by atoms with E-state index in [-0.39, 0.29) is 0 Å². The number of hydrogen-bond donors (Lipinski definition) is 2. The predicted octanol–water partition coefficient (Wildman–Crippen LogP) is 7.29. The first-order valence-corrected chi connectivity index (χ1v) is 11.3. The molecule has 0 atom stereocenters. The van der Waals surface area contributed by atoms with E-state index < -0.39 is 11.9 Å². The van der Waals surface area contributed by atoms with Crippen molar-refractivity contribution in [2.45, 2.75) is 6.42 Å². The van der Waals surface area contributed by atoms with E-state index >= 15 is 0 Å². The summed E-state index contributed by atoms with van der Waals surface area (Å²) in [5.41, 5.74) is 2.90. The monoisotopic (exact) mass is 456 g/mol. The zero-order chi connectivity index (χ0) is 24.1. The number of fused-ring (bicyclic) bond motifs is 4. The molecule has 0 saturated carbocycles. The SMILES string of the molecule is O=C(O)c1cccc2cc3c(Cc4cccc5cc6c(C(=O)O)cccc6cc45)cccc3cc12. The van der Waals surface area contributed by atoms with Gasteiger partial charge in [-0.2, -0.15) is 0 Å². The van der Waals surface area contributed by atoms with Crippen LogP contribution in [0.5, 0.6) is 0 Å². The van der Waals surface area contributed by atoms with Crippen LogP contribution in [0.3, 0.4) is 0 Å². The van der Waals surface area contributed by atoms with Crippen LogP contribution in [0.1, 0.15) is 31.8 Å². The average Bonchev–Trinajstić information content (AvgIpc) is 2.86. The molecule has 2 N–H and O–H groups in total. The number of carboxylic acid groups (broad SMARTS) is 2. The zero-order valence-corrected chi connectivity index (χ0v) is 18.7. The molecule has 0 bridgehead atoms. The van der Waals surface area contributed by atoms with Crippen molar-refractivity contribution in [2.75, 3.05) is 0 Å². The lowest BCUT2D eigenvalue weighted by Gasteiger charge is -2.13. The third kappa shape index (κ3) is 3.47. The van der Waals surface area contributed by atoms with Gasteiger partial charge in [0.1, 0.15) is 0 Å². The molecule has 6 rings (SSSR count). The summed E-state index contributed by atoms with van der Waals surface area (Å²) in [6.45, 7) is 0. The van der Waals surface area contributed by atoms with Crippen molar-refractivity contribution in [2.24, 2.45) is 0 Å². The molecule has 0 amide bonds. The molecule has 0 heterocycles. The minimum Gasteiger partial charge on any atom is -0.478 e. The Hall–Kier alpha value is -4.70. The second kappa shape index (κ2) is 7.96. The summed E-state index contributed by atoms with van der Waals surface area (Å²) in [5.74, 6) is -1.86. The second-order valence-electron chi connectivity index (χ2n) is 8.82. The molecule has 0 radical (unpaired) electrons. The van der Waals surface area contributed by atoms with E-state index in [2.05, 4.69) is 24.3 Å². The van der Waals surface area contributed by atoms with Crippen molar-refractivity contribution in [3.8, 4) is 0 Å².